The SMILES string of the molecule is CC(NC(=O)CC1CCCCC1)C(=O)NCCNC1CCCCCC1. The minimum Gasteiger partial charge on any atom is -0.353 e. The number of hydrogen-bond acceptors (Lipinski definition) is 3. The molecule has 0 heterocycles. The molecular formula is C20H37N3O2. The predicted octanol–water partition coefficient (Wildman–Crippen LogP) is 2.89. The van der Waals surface area contributed by atoms with Crippen LogP contribution in [0.15, 0.2) is 0 Å². The lowest BCUT2D eigenvalue weighted by Gasteiger charge is -2.22. The predicted molar refractivity (Wildman–Crippen MR) is 101 cm³/mol. The van der Waals surface area contributed by atoms with Crippen molar-refractivity contribution in [3.63, 3.8) is 0 Å². The molecule has 0 radical (unpaired) electrons. The topological polar surface area (TPSA) is 70.2 Å². The van der Waals surface area contributed by atoms with Gasteiger partial charge < -0.3 is 16.0 Å². The Morgan fingerprint density at radius 2 is 1.48 bits per heavy atom. The van der Waals surface area contributed by atoms with Crippen molar-refractivity contribution in [2.45, 2.75) is 96.1 Å². The molecule has 0 aromatic rings. The quantitative estimate of drug-likeness (QED) is 0.465. The molecule has 2 fully saturated rings. The molecule has 0 aromatic carbocycles. The molecule has 5 heteroatoms. The Morgan fingerprint density at radius 3 is 2.16 bits per heavy atom. The zero-order chi connectivity index (χ0) is 17.9. The van der Waals surface area contributed by atoms with Crippen LogP contribution in [0.2, 0.25) is 0 Å². The Hall–Kier alpha value is -1.10. The van der Waals surface area contributed by atoms with Crippen molar-refractivity contribution >= 4 is 11.8 Å². The summed E-state index contributed by atoms with van der Waals surface area (Å²) in [5.74, 6) is 0.443. The first-order valence-electron chi connectivity index (χ1n) is 10.5. The molecule has 5 nitrogen and oxygen atoms in total. The van der Waals surface area contributed by atoms with E-state index < -0.39 is 6.04 Å². The third-order valence-corrected chi connectivity index (χ3v) is 5.68. The molecule has 2 rings (SSSR count). The minimum absolute atomic E-state index is 0.0196. The van der Waals surface area contributed by atoms with Gasteiger partial charge in [-0.1, -0.05) is 44.9 Å². The molecular weight excluding hydrogens is 314 g/mol. The molecule has 2 aliphatic carbocycles. The standard InChI is InChI=1S/C20H37N3O2/c1-16(23-19(24)15-17-9-5-4-6-10-17)20(25)22-14-13-21-18-11-7-2-3-8-12-18/h16-18,21H,2-15H2,1H3,(H,22,25)(H,23,24). The van der Waals surface area contributed by atoms with Crippen LogP contribution >= 0.6 is 0 Å². The van der Waals surface area contributed by atoms with E-state index in [1.54, 1.807) is 6.92 Å². The smallest absolute Gasteiger partial charge is 0.242 e. The van der Waals surface area contributed by atoms with Crippen molar-refractivity contribution in [3.8, 4) is 0 Å². The van der Waals surface area contributed by atoms with Crippen LogP contribution in [0.4, 0.5) is 0 Å². The second-order valence-corrected chi connectivity index (χ2v) is 7.93. The van der Waals surface area contributed by atoms with E-state index in [4.69, 9.17) is 0 Å². The van der Waals surface area contributed by atoms with Gasteiger partial charge in [-0.15, -0.1) is 0 Å². The summed E-state index contributed by atoms with van der Waals surface area (Å²) in [5, 5.41) is 9.33. The Balaban J connectivity index is 1.55. The fourth-order valence-electron chi connectivity index (χ4n) is 4.12. The summed E-state index contributed by atoms with van der Waals surface area (Å²) < 4.78 is 0. The molecule has 0 aliphatic heterocycles. The van der Waals surface area contributed by atoms with E-state index in [9.17, 15) is 9.59 Å². The van der Waals surface area contributed by atoms with Crippen molar-refractivity contribution < 1.29 is 9.59 Å². The van der Waals surface area contributed by atoms with E-state index in [1.807, 2.05) is 0 Å². The number of carbonyl (C=O) groups excluding carboxylic acids is 2. The third kappa shape index (κ3) is 8.21. The highest BCUT2D eigenvalue weighted by molar-refractivity contribution is 5.87. The van der Waals surface area contributed by atoms with E-state index in [0.717, 1.165) is 19.4 Å². The fraction of sp³-hybridized carbons (Fsp3) is 0.900. The lowest BCUT2D eigenvalue weighted by atomic mass is 9.87. The maximum Gasteiger partial charge on any atom is 0.242 e. The molecule has 1 unspecified atom stereocenters. The Labute approximate surface area is 153 Å². The molecule has 0 bridgehead atoms. The first-order valence-corrected chi connectivity index (χ1v) is 10.5. The molecule has 0 spiro atoms. The van der Waals surface area contributed by atoms with Crippen LogP contribution in [-0.4, -0.2) is 37.0 Å². The monoisotopic (exact) mass is 351 g/mol. The van der Waals surface area contributed by atoms with Crippen LogP contribution in [0.5, 0.6) is 0 Å². The Morgan fingerprint density at radius 1 is 0.880 bits per heavy atom. The molecule has 3 N–H and O–H groups in total. The number of amides is 2. The zero-order valence-electron chi connectivity index (χ0n) is 15.9. The summed E-state index contributed by atoms with van der Waals surface area (Å²) in [7, 11) is 0. The Bertz CT molecular complexity index is 400. The summed E-state index contributed by atoms with van der Waals surface area (Å²) in [4.78, 5) is 24.2. The average molecular weight is 352 g/mol. The molecule has 2 aliphatic rings. The van der Waals surface area contributed by atoms with Crippen LogP contribution in [-0.2, 0) is 9.59 Å². The molecule has 0 aromatic heterocycles. The van der Waals surface area contributed by atoms with Gasteiger partial charge in [-0.05, 0) is 38.5 Å². The number of carbonyl (C=O) groups is 2. The van der Waals surface area contributed by atoms with Gasteiger partial charge in [0.2, 0.25) is 11.8 Å². The van der Waals surface area contributed by atoms with Crippen LogP contribution in [0, 0.1) is 5.92 Å². The third-order valence-electron chi connectivity index (χ3n) is 5.68. The van der Waals surface area contributed by atoms with Crippen molar-refractivity contribution in [3.05, 3.63) is 0 Å². The van der Waals surface area contributed by atoms with E-state index in [0.29, 0.717) is 24.9 Å². The van der Waals surface area contributed by atoms with E-state index >= 15 is 0 Å². The van der Waals surface area contributed by atoms with Crippen molar-refractivity contribution in [2.75, 3.05) is 13.1 Å². The van der Waals surface area contributed by atoms with E-state index in [-0.39, 0.29) is 11.8 Å². The van der Waals surface area contributed by atoms with Crippen LogP contribution in [0.1, 0.15) is 84.0 Å². The molecule has 144 valence electrons. The first kappa shape index (κ1) is 20.2. The zero-order valence-corrected chi connectivity index (χ0v) is 15.9. The normalized spacial score (nSPS) is 21.3. The highest BCUT2D eigenvalue weighted by Crippen LogP contribution is 2.26. The van der Waals surface area contributed by atoms with Crippen LogP contribution in [0.3, 0.4) is 0 Å². The van der Waals surface area contributed by atoms with E-state index in [2.05, 4.69) is 16.0 Å². The summed E-state index contributed by atoms with van der Waals surface area (Å²) in [5.41, 5.74) is 0. The van der Waals surface area contributed by atoms with Crippen molar-refractivity contribution in [1.29, 1.82) is 0 Å². The van der Waals surface area contributed by atoms with Crippen molar-refractivity contribution in [1.82, 2.24) is 16.0 Å². The van der Waals surface area contributed by atoms with Gasteiger partial charge in [0.1, 0.15) is 6.04 Å². The highest BCUT2D eigenvalue weighted by Gasteiger charge is 2.20. The van der Waals surface area contributed by atoms with Gasteiger partial charge in [0.15, 0.2) is 0 Å². The summed E-state index contributed by atoms with van der Waals surface area (Å²) in [6.45, 7) is 3.20. The lowest BCUT2D eigenvalue weighted by molar-refractivity contribution is -0.129. The maximum absolute atomic E-state index is 12.1. The molecule has 2 saturated carbocycles. The van der Waals surface area contributed by atoms with Gasteiger partial charge in [-0.2, -0.15) is 0 Å². The second kappa shape index (κ2) is 11.5. The van der Waals surface area contributed by atoms with Crippen LogP contribution < -0.4 is 16.0 Å². The average Bonchev–Trinajstić information content (AvgIpc) is 2.88. The van der Waals surface area contributed by atoms with Gasteiger partial charge in [0.25, 0.3) is 0 Å². The summed E-state index contributed by atoms with van der Waals surface area (Å²) in [6, 6.07) is 0.154. The largest absolute Gasteiger partial charge is 0.353 e. The molecule has 25 heavy (non-hydrogen) atoms. The lowest BCUT2D eigenvalue weighted by Crippen LogP contribution is -2.47. The molecule has 2 amide bonds. The Kier molecular flexibility index (Phi) is 9.30. The number of rotatable bonds is 8. The second-order valence-electron chi connectivity index (χ2n) is 7.93. The molecule has 1 atom stereocenters. The summed E-state index contributed by atoms with van der Waals surface area (Å²) >= 11 is 0. The van der Waals surface area contributed by atoms with Gasteiger partial charge in [0.05, 0.1) is 0 Å². The first-order chi connectivity index (χ1) is 12.1. The van der Waals surface area contributed by atoms with Gasteiger partial charge in [-0.25, -0.2) is 0 Å². The number of nitrogens with one attached hydrogen (secondary N) is 3. The molecule has 0 saturated heterocycles. The van der Waals surface area contributed by atoms with Crippen LogP contribution in [0.25, 0.3) is 0 Å². The highest BCUT2D eigenvalue weighted by atomic mass is 16.2. The van der Waals surface area contributed by atoms with Gasteiger partial charge in [0, 0.05) is 25.6 Å². The van der Waals surface area contributed by atoms with E-state index in [1.165, 1.54) is 57.8 Å². The maximum atomic E-state index is 12.1. The summed E-state index contributed by atoms with van der Waals surface area (Å²) in [6.07, 6.45) is 14.5. The van der Waals surface area contributed by atoms with Gasteiger partial charge in [-0.3, -0.25) is 9.59 Å². The minimum atomic E-state index is -0.450. The fourth-order valence-corrected chi connectivity index (χ4v) is 4.12. The van der Waals surface area contributed by atoms with Crippen molar-refractivity contribution in [2.24, 2.45) is 5.92 Å². The number of hydrogen-bond donors (Lipinski definition) is 3. The van der Waals surface area contributed by atoms with Gasteiger partial charge >= 0.3 is 0 Å².